The Hall–Kier alpha value is -0.780. The molecule has 0 aliphatic heterocycles. The summed E-state index contributed by atoms with van der Waals surface area (Å²) < 4.78 is 0. The molecule has 0 heteroatoms. The molecule has 0 aliphatic carbocycles. The predicted octanol–water partition coefficient (Wildman–Crippen LogP) is 7.70. The lowest BCUT2D eigenvalue weighted by atomic mass is 9.66. The molecule has 23 heavy (non-hydrogen) atoms. The summed E-state index contributed by atoms with van der Waals surface area (Å²) in [7, 11) is 0. The molecule has 0 heterocycles. The van der Waals surface area contributed by atoms with E-state index in [-0.39, 0.29) is 0 Å². The number of benzene rings is 1. The van der Waals surface area contributed by atoms with E-state index >= 15 is 0 Å². The first-order valence-electron chi connectivity index (χ1n) is 9.91. The van der Waals surface area contributed by atoms with E-state index in [1.165, 1.54) is 37.7 Å². The topological polar surface area (TPSA) is 0 Å². The Morgan fingerprint density at radius 3 is 2.00 bits per heavy atom. The van der Waals surface area contributed by atoms with Crippen molar-refractivity contribution in [2.75, 3.05) is 0 Å². The first kappa shape index (κ1) is 20.3. The average molecular weight is 317 g/mol. The van der Waals surface area contributed by atoms with E-state index in [9.17, 15) is 0 Å². The van der Waals surface area contributed by atoms with Gasteiger partial charge < -0.3 is 0 Å². The first-order valence-corrected chi connectivity index (χ1v) is 9.91. The van der Waals surface area contributed by atoms with Gasteiger partial charge in [-0.05, 0) is 53.9 Å². The van der Waals surface area contributed by atoms with Crippen LogP contribution in [0.2, 0.25) is 0 Å². The zero-order valence-corrected chi connectivity index (χ0v) is 16.7. The van der Waals surface area contributed by atoms with Crippen LogP contribution in [0.4, 0.5) is 0 Å². The van der Waals surface area contributed by atoms with Gasteiger partial charge in [0.05, 0.1) is 0 Å². The average Bonchev–Trinajstić information content (AvgIpc) is 2.53. The largest absolute Gasteiger partial charge is 0.0654 e. The third kappa shape index (κ3) is 5.98. The van der Waals surface area contributed by atoms with Crippen LogP contribution in [0.1, 0.15) is 92.1 Å². The van der Waals surface area contributed by atoms with Crippen molar-refractivity contribution >= 4 is 0 Å². The molecule has 0 nitrogen and oxygen atoms in total. The molecule has 4 atom stereocenters. The number of hydrogen-bond donors (Lipinski definition) is 0. The highest BCUT2D eigenvalue weighted by Crippen LogP contribution is 2.43. The Bertz CT molecular complexity index is 417. The molecule has 0 saturated heterocycles. The first-order chi connectivity index (χ1) is 10.9. The van der Waals surface area contributed by atoms with Crippen molar-refractivity contribution in [1.82, 2.24) is 0 Å². The monoisotopic (exact) mass is 316 g/mol. The van der Waals surface area contributed by atoms with Crippen molar-refractivity contribution in [3.05, 3.63) is 35.9 Å². The molecule has 1 aromatic carbocycles. The highest BCUT2D eigenvalue weighted by molar-refractivity contribution is 5.20. The highest BCUT2D eigenvalue weighted by Gasteiger charge is 2.33. The van der Waals surface area contributed by atoms with Gasteiger partial charge in [-0.2, -0.15) is 0 Å². The summed E-state index contributed by atoms with van der Waals surface area (Å²) in [5, 5.41) is 0. The van der Waals surface area contributed by atoms with Crippen molar-refractivity contribution in [3.8, 4) is 0 Å². The van der Waals surface area contributed by atoms with E-state index in [1.807, 2.05) is 0 Å². The maximum absolute atomic E-state index is 2.51. The lowest BCUT2D eigenvalue weighted by Crippen LogP contribution is -2.29. The molecule has 0 amide bonds. The maximum Gasteiger partial charge on any atom is -0.0136 e. The Morgan fingerprint density at radius 2 is 1.52 bits per heavy atom. The molecule has 132 valence electrons. The van der Waals surface area contributed by atoms with Gasteiger partial charge in [0.25, 0.3) is 0 Å². The summed E-state index contributed by atoms with van der Waals surface area (Å²) >= 11 is 0. The lowest BCUT2D eigenvalue weighted by molar-refractivity contribution is 0.132. The van der Waals surface area contributed by atoms with Gasteiger partial charge in [-0.1, -0.05) is 91.6 Å². The van der Waals surface area contributed by atoms with Crippen molar-refractivity contribution < 1.29 is 0 Å². The minimum atomic E-state index is 0.464. The molecular formula is C23H40. The predicted molar refractivity (Wildman–Crippen MR) is 105 cm³/mol. The van der Waals surface area contributed by atoms with Crippen LogP contribution in [-0.4, -0.2) is 0 Å². The highest BCUT2D eigenvalue weighted by atomic mass is 14.4. The molecule has 0 spiro atoms. The van der Waals surface area contributed by atoms with E-state index in [2.05, 4.69) is 78.8 Å². The summed E-state index contributed by atoms with van der Waals surface area (Å²) in [5.74, 6) is 3.05. The van der Waals surface area contributed by atoms with Gasteiger partial charge in [0.15, 0.2) is 0 Å². The molecule has 1 aromatic rings. The van der Waals surface area contributed by atoms with Crippen molar-refractivity contribution in [2.45, 2.75) is 86.5 Å². The zero-order chi connectivity index (χ0) is 17.5. The fraction of sp³-hybridized carbons (Fsp3) is 0.739. The second-order valence-corrected chi connectivity index (χ2v) is 8.45. The smallest absolute Gasteiger partial charge is 0.0136 e. The molecule has 0 fully saturated rings. The Morgan fingerprint density at radius 1 is 0.913 bits per heavy atom. The second kappa shape index (κ2) is 9.50. The van der Waals surface area contributed by atoms with Crippen LogP contribution in [0, 0.1) is 23.2 Å². The Labute approximate surface area is 146 Å². The molecule has 0 N–H and O–H groups in total. The molecule has 0 bridgehead atoms. The van der Waals surface area contributed by atoms with Crippen LogP contribution in [0.15, 0.2) is 30.3 Å². The van der Waals surface area contributed by atoms with Crippen LogP contribution in [0.3, 0.4) is 0 Å². The van der Waals surface area contributed by atoms with Crippen molar-refractivity contribution in [2.24, 2.45) is 23.2 Å². The minimum absolute atomic E-state index is 0.464. The van der Waals surface area contributed by atoms with Crippen LogP contribution in [0.25, 0.3) is 0 Å². The third-order valence-corrected chi connectivity index (χ3v) is 6.07. The van der Waals surface area contributed by atoms with Gasteiger partial charge >= 0.3 is 0 Å². The SMILES string of the molecule is CCCC(C)(C)CC(C(C)CC)C(C)C(CC)c1ccccc1. The summed E-state index contributed by atoms with van der Waals surface area (Å²) in [4.78, 5) is 0. The van der Waals surface area contributed by atoms with Gasteiger partial charge in [-0.3, -0.25) is 0 Å². The number of rotatable bonds is 10. The zero-order valence-electron chi connectivity index (χ0n) is 16.7. The Kier molecular flexibility index (Phi) is 8.37. The van der Waals surface area contributed by atoms with Crippen molar-refractivity contribution in [1.29, 1.82) is 0 Å². The fourth-order valence-corrected chi connectivity index (χ4v) is 4.53. The van der Waals surface area contributed by atoms with Gasteiger partial charge in [0.2, 0.25) is 0 Å². The number of hydrogen-bond acceptors (Lipinski definition) is 0. The van der Waals surface area contributed by atoms with Crippen LogP contribution in [0.5, 0.6) is 0 Å². The van der Waals surface area contributed by atoms with E-state index in [4.69, 9.17) is 0 Å². The van der Waals surface area contributed by atoms with Gasteiger partial charge in [-0.25, -0.2) is 0 Å². The fourth-order valence-electron chi connectivity index (χ4n) is 4.53. The van der Waals surface area contributed by atoms with E-state index in [1.54, 1.807) is 0 Å². The van der Waals surface area contributed by atoms with E-state index < -0.39 is 0 Å². The van der Waals surface area contributed by atoms with Gasteiger partial charge in [0, 0.05) is 0 Å². The maximum atomic E-state index is 2.51. The summed E-state index contributed by atoms with van der Waals surface area (Å²) in [5.41, 5.74) is 2.00. The van der Waals surface area contributed by atoms with Crippen molar-refractivity contribution in [3.63, 3.8) is 0 Å². The molecular weight excluding hydrogens is 276 g/mol. The molecule has 4 unspecified atom stereocenters. The molecule has 0 aliphatic rings. The van der Waals surface area contributed by atoms with E-state index in [0.717, 1.165) is 17.8 Å². The quantitative estimate of drug-likeness (QED) is 0.415. The molecule has 0 radical (unpaired) electrons. The normalized spacial score (nSPS) is 17.5. The van der Waals surface area contributed by atoms with Crippen LogP contribution in [-0.2, 0) is 0 Å². The van der Waals surface area contributed by atoms with E-state index in [0.29, 0.717) is 11.3 Å². The summed E-state index contributed by atoms with van der Waals surface area (Å²) in [6.07, 6.45) is 6.54. The summed E-state index contributed by atoms with van der Waals surface area (Å²) in [6, 6.07) is 11.2. The van der Waals surface area contributed by atoms with Gasteiger partial charge in [-0.15, -0.1) is 0 Å². The molecule has 0 aromatic heterocycles. The molecule has 1 rings (SSSR count). The van der Waals surface area contributed by atoms with Crippen LogP contribution >= 0.6 is 0 Å². The minimum Gasteiger partial charge on any atom is -0.0654 e. The Balaban J connectivity index is 3.00. The second-order valence-electron chi connectivity index (χ2n) is 8.45. The molecule has 0 saturated carbocycles. The summed E-state index contributed by atoms with van der Waals surface area (Å²) in [6.45, 7) is 17.0. The third-order valence-electron chi connectivity index (χ3n) is 6.07. The van der Waals surface area contributed by atoms with Gasteiger partial charge in [0.1, 0.15) is 0 Å². The standard InChI is InChI=1S/C23H40/c1-8-16-23(6,7)17-22(18(4)9-2)19(5)21(10-3)20-14-12-11-13-15-20/h11-15,18-19,21-22H,8-10,16-17H2,1-7H3. The lowest BCUT2D eigenvalue weighted by Gasteiger charge is -2.39. The van der Waals surface area contributed by atoms with Crippen LogP contribution < -0.4 is 0 Å².